The van der Waals surface area contributed by atoms with Gasteiger partial charge in [0.05, 0.1) is 6.61 Å². The Hall–Kier alpha value is -1.88. The number of halogens is 1. The summed E-state index contributed by atoms with van der Waals surface area (Å²) in [6, 6.07) is 6.84. The van der Waals surface area contributed by atoms with E-state index >= 15 is 0 Å². The summed E-state index contributed by atoms with van der Waals surface area (Å²) in [5, 5.41) is 21.0. The molecule has 0 heterocycles. The zero-order valence-corrected chi connectivity index (χ0v) is 11.7. The maximum Gasteiger partial charge on any atom is 0.378 e. The third kappa shape index (κ3) is 2.54. The molecule has 0 fully saturated rings. The predicted molar refractivity (Wildman–Crippen MR) is 72.0 cm³/mol. The van der Waals surface area contributed by atoms with Crippen LogP contribution in [0.2, 0.25) is 0 Å². The summed E-state index contributed by atoms with van der Waals surface area (Å²) >= 11 is 5.40. The van der Waals surface area contributed by atoms with E-state index in [0.29, 0.717) is 0 Å². The molecule has 20 heavy (non-hydrogen) atoms. The molecule has 8 heteroatoms. The molecule has 0 saturated carbocycles. The highest BCUT2D eigenvalue weighted by molar-refractivity contribution is 7.87. The fraction of sp³-hybridized carbons (Fsp3) is 0.167. The second-order valence-electron chi connectivity index (χ2n) is 3.83. The van der Waals surface area contributed by atoms with Gasteiger partial charge in [0.15, 0.2) is 4.98 Å². The number of alkyl halides is 1. The Morgan fingerprint density at radius 2 is 2.00 bits per heavy atom. The highest BCUT2D eigenvalue weighted by atomic mass is 35.5. The largest absolute Gasteiger partial charge is 0.867 e. The molecular weight excluding hydrogens is 304 g/mol. The maximum atomic E-state index is 12.0. The first-order valence-electron chi connectivity index (χ1n) is 5.54. The lowest BCUT2D eigenvalue weighted by molar-refractivity contribution is -0.264. The van der Waals surface area contributed by atoms with Gasteiger partial charge in [0, 0.05) is 17.3 Å². The van der Waals surface area contributed by atoms with Crippen LogP contribution in [0, 0.1) is 5.39 Å². The van der Waals surface area contributed by atoms with E-state index in [2.05, 4.69) is 4.98 Å². The lowest BCUT2D eigenvalue weighted by Crippen LogP contribution is -2.09. The lowest BCUT2D eigenvalue weighted by Gasteiger charge is -2.11. The van der Waals surface area contributed by atoms with Gasteiger partial charge in [-0.05, 0) is 23.3 Å². The predicted octanol–water partition coefficient (Wildman–Crippen LogP) is 2.34. The summed E-state index contributed by atoms with van der Waals surface area (Å²) in [7, 11) is -4.00. The van der Waals surface area contributed by atoms with E-state index in [9.17, 15) is 13.5 Å². The van der Waals surface area contributed by atoms with Crippen molar-refractivity contribution in [2.24, 2.45) is 0 Å². The van der Waals surface area contributed by atoms with Gasteiger partial charge in [0.2, 0.25) is 5.39 Å². The van der Waals surface area contributed by atoms with Gasteiger partial charge < -0.3 is 5.11 Å². The highest BCUT2D eigenvalue weighted by Crippen LogP contribution is 2.35. The zero-order valence-electron chi connectivity index (χ0n) is 10.1. The number of hydrogen-bond acceptors (Lipinski definition) is 5. The Labute approximate surface area is 120 Å². The second kappa shape index (κ2) is 5.63. The molecule has 0 spiro atoms. The molecule has 2 aromatic rings. The number of nitrogens with zero attached hydrogens (tertiary/aromatic N) is 2. The summed E-state index contributed by atoms with van der Waals surface area (Å²) in [5.74, 6) is -0.524. The monoisotopic (exact) mass is 312 g/mol. The lowest BCUT2D eigenvalue weighted by atomic mass is 10.1. The normalized spacial score (nSPS) is 11.4. The summed E-state index contributed by atoms with van der Waals surface area (Å²) in [6.07, 6.45) is 0. The Balaban J connectivity index is 2.68. The minimum atomic E-state index is -4.00. The first-order chi connectivity index (χ1) is 9.51. The zero-order chi connectivity index (χ0) is 14.8. The topological polar surface area (TPSA) is 94.6 Å². The van der Waals surface area contributed by atoms with Crippen molar-refractivity contribution >= 4 is 38.2 Å². The van der Waals surface area contributed by atoms with E-state index in [1.807, 2.05) is 0 Å². The standard InChI is InChI=1S/C12H9ClN2O4S/c13-6-7-19-20(17,18)11-3-1-2-9-8(11)4-5-10(15-14)12(9)16/h1-5H,6-7H2. The van der Waals surface area contributed by atoms with Crippen LogP contribution in [0.25, 0.3) is 15.7 Å². The van der Waals surface area contributed by atoms with Gasteiger partial charge in [0.25, 0.3) is 10.1 Å². The van der Waals surface area contributed by atoms with Gasteiger partial charge in [0.1, 0.15) is 4.90 Å². The van der Waals surface area contributed by atoms with Crippen molar-refractivity contribution in [3.63, 3.8) is 0 Å². The third-order valence-electron chi connectivity index (χ3n) is 2.64. The van der Waals surface area contributed by atoms with E-state index in [1.54, 1.807) is 0 Å². The summed E-state index contributed by atoms with van der Waals surface area (Å²) in [4.78, 5) is 2.73. The molecule has 104 valence electrons. The maximum absolute atomic E-state index is 12.0. The van der Waals surface area contributed by atoms with Gasteiger partial charge in [-0.15, -0.1) is 11.6 Å². The van der Waals surface area contributed by atoms with Crippen LogP contribution in [0.15, 0.2) is 35.2 Å². The molecule has 0 atom stereocenters. The van der Waals surface area contributed by atoms with E-state index < -0.39 is 15.9 Å². The summed E-state index contributed by atoms with van der Waals surface area (Å²) < 4.78 is 28.8. The third-order valence-corrected chi connectivity index (χ3v) is 4.17. The molecule has 2 rings (SSSR count). The fourth-order valence-corrected chi connectivity index (χ4v) is 3.08. The molecule has 2 aromatic carbocycles. The van der Waals surface area contributed by atoms with Gasteiger partial charge in [-0.3, -0.25) is 4.18 Å². The van der Waals surface area contributed by atoms with Crippen molar-refractivity contribution in [2.75, 3.05) is 12.5 Å². The van der Waals surface area contributed by atoms with Gasteiger partial charge >= 0.3 is 5.69 Å². The van der Waals surface area contributed by atoms with Crippen LogP contribution in [0.4, 0.5) is 5.69 Å². The fourth-order valence-electron chi connectivity index (χ4n) is 1.79. The van der Waals surface area contributed by atoms with E-state index in [1.165, 1.54) is 30.3 Å². The quantitative estimate of drug-likeness (QED) is 0.490. The molecule has 0 unspecified atom stereocenters. The van der Waals surface area contributed by atoms with Crippen LogP contribution < -0.4 is 5.11 Å². The Morgan fingerprint density at radius 1 is 1.25 bits per heavy atom. The molecule has 0 aromatic heterocycles. The second-order valence-corrected chi connectivity index (χ2v) is 5.79. The van der Waals surface area contributed by atoms with Gasteiger partial charge in [-0.25, -0.2) is 0 Å². The molecule has 0 saturated heterocycles. The van der Waals surface area contributed by atoms with Crippen LogP contribution in [0.1, 0.15) is 0 Å². The molecule has 6 nitrogen and oxygen atoms in total. The van der Waals surface area contributed by atoms with Crippen LogP contribution in [-0.2, 0) is 14.3 Å². The number of benzene rings is 2. The smallest absolute Gasteiger partial charge is 0.378 e. The Bertz CT molecular complexity index is 799. The average Bonchev–Trinajstić information content (AvgIpc) is 2.45. The van der Waals surface area contributed by atoms with Crippen molar-refractivity contribution in [2.45, 2.75) is 4.90 Å². The van der Waals surface area contributed by atoms with E-state index in [-0.39, 0.29) is 33.8 Å². The molecule has 0 aliphatic carbocycles. The van der Waals surface area contributed by atoms with E-state index in [4.69, 9.17) is 21.2 Å². The SMILES string of the molecule is N#[N+]c1ccc2c(S(=O)(=O)OCCCl)cccc2c1[O-]. The molecule has 0 radical (unpaired) electrons. The number of fused-ring (bicyclic) bond motifs is 1. The molecule has 0 bridgehead atoms. The van der Waals surface area contributed by atoms with Crippen LogP contribution in [-0.4, -0.2) is 20.9 Å². The molecule has 0 N–H and O–H groups in total. The number of rotatable bonds is 4. The van der Waals surface area contributed by atoms with Crippen LogP contribution >= 0.6 is 11.6 Å². The van der Waals surface area contributed by atoms with Crippen molar-refractivity contribution in [1.29, 1.82) is 5.39 Å². The minimum absolute atomic E-state index is 0.0321. The summed E-state index contributed by atoms with van der Waals surface area (Å²) in [6.45, 7) is -0.158. The first kappa shape index (κ1) is 14.5. The molecular formula is C12H9ClN2O4S. The first-order valence-corrected chi connectivity index (χ1v) is 7.49. The molecule has 0 amide bonds. The van der Waals surface area contributed by atoms with Crippen LogP contribution in [0.3, 0.4) is 0 Å². The Morgan fingerprint density at radius 3 is 2.65 bits per heavy atom. The molecule has 0 aliphatic rings. The number of diazo groups is 1. The van der Waals surface area contributed by atoms with E-state index in [0.717, 1.165) is 0 Å². The van der Waals surface area contributed by atoms with Crippen molar-refractivity contribution in [3.05, 3.63) is 35.3 Å². The summed E-state index contributed by atoms with van der Waals surface area (Å²) in [5.41, 5.74) is -0.159. The average molecular weight is 313 g/mol. The van der Waals surface area contributed by atoms with Gasteiger partial charge in [-0.2, -0.15) is 8.42 Å². The van der Waals surface area contributed by atoms with Crippen molar-refractivity contribution in [3.8, 4) is 5.75 Å². The highest BCUT2D eigenvalue weighted by Gasteiger charge is 2.20. The van der Waals surface area contributed by atoms with Crippen molar-refractivity contribution in [1.82, 2.24) is 0 Å². The minimum Gasteiger partial charge on any atom is -0.867 e. The Kier molecular flexibility index (Phi) is 4.09. The molecule has 0 aliphatic heterocycles. The number of hydrogen-bond donors (Lipinski definition) is 0. The van der Waals surface area contributed by atoms with Gasteiger partial charge in [-0.1, -0.05) is 12.1 Å². The van der Waals surface area contributed by atoms with Crippen molar-refractivity contribution < 1.29 is 17.7 Å². The van der Waals surface area contributed by atoms with Crippen LogP contribution in [0.5, 0.6) is 5.75 Å².